The second kappa shape index (κ2) is 6.36. The van der Waals surface area contributed by atoms with E-state index in [0.717, 1.165) is 33.4 Å². The normalized spacial score (nSPS) is 15.7. The van der Waals surface area contributed by atoms with Gasteiger partial charge in [0.25, 0.3) is 5.91 Å². The second-order valence-corrected chi connectivity index (χ2v) is 7.65. The molecule has 3 rings (SSSR count). The predicted molar refractivity (Wildman–Crippen MR) is 92.8 cm³/mol. The molecule has 0 radical (unpaired) electrons. The fraction of sp³-hybridized carbons (Fsp3) is 0.438. The van der Waals surface area contributed by atoms with Crippen LogP contribution in [0, 0.1) is 5.92 Å². The van der Waals surface area contributed by atoms with Gasteiger partial charge in [-0.3, -0.25) is 4.79 Å². The number of benzene rings is 1. The molecule has 3 N–H and O–H groups in total. The van der Waals surface area contributed by atoms with Gasteiger partial charge in [0.05, 0.1) is 5.69 Å². The van der Waals surface area contributed by atoms with Gasteiger partial charge in [-0.05, 0) is 24.5 Å². The number of anilines is 1. The minimum absolute atomic E-state index is 0.0391. The van der Waals surface area contributed by atoms with Crippen LogP contribution in [0.3, 0.4) is 0 Å². The maximum Gasteiger partial charge on any atom is 0.263 e. The van der Waals surface area contributed by atoms with Crippen LogP contribution in [0.4, 0.5) is 5.69 Å². The van der Waals surface area contributed by atoms with Crippen LogP contribution in [0.2, 0.25) is 0 Å². The van der Waals surface area contributed by atoms with Crippen LogP contribution in [0.15, 0.2) is 22.7 Å². The Labute approximate surface area is 137 Å². The number of halogens is 1. The molecule has 112 valence electrons. The summed E-state index contributed by atoms with van der Waals surface area (Å²) >= 11 is 4.91. The average molecular weight is 367 g/mol. The first-order valence-corrected chi connectivity index (χ1v) is 9.02. The van der Waals surface area contributed by atoms with Crippen molar-refractivity contribution in [2.24, 2.45) is 5.92 Å². The van der Waals surface area contributed by atoms with Crippen LogP contribution >= 0.6 is 27.3 Å². The molecule has 1 aromatic heterocycles. The molecule has 0 spiro atoms. The first kappa shape index (κ1) is 14.9. The van der Waals surface area contributed by atoms with E-state index in [-0.39, 0.29) is 5.91 Å². The Kier molecular flexibility index (Phi) is 4.50. The number of carbonyl (C=O) groups excluding carboxylic acids is 1. The third-order valence-corrected chi connectivity index (χ3v) is 5.87. The molecule has 1 amide bonds. The third kappa shape index (κ3) is 3.24. The predicted octanol–water partition coefficient (Wildman–Crippen LogP) is 4.56. The molecule has 1 fully saturated rings. The van der Waals surface area contributed by atoms with Crippen LogP contribution in [0.5, 0.6) is 0 Å². The van der Waals surface area contributed by atoms with E-state index in [1.165, 1.54) is 37.0 Å². The molecule has 2 aromatic rings. The number of fused-ring (bicyclic) bond motifs is 1. The Morgan fingerprint density at radius 2 is 2.14 bits per heavy atom. The van der Waals surface area contributed by atoms with E-state index in [1.54, 1.807) is 0 Å². The van der Waals surface area contributed by atoms with E-state index in [2.05, 4.69) is 21.2 Å². The lowest BCUT2D eigenvalue weighted by molar-refractivity contribution is 0.0956. The molecule has 5 heteroatoms. The highest BCUT2D eigenvalue weighted by atomic mass is 79.9. The number of nitrogens with two attached hydrogens (primary N) is 1. The number of amides is 1. The van der Waals surface area contributed by atoms with Crippen molar-refractivity contribution < 1.29 is 4.79 Å². The van der Waals surface area contributed by atoms with Crippen molar-refractivity contribution >= 4 is 48.9 Å². The van der Waals surface area contributed by atoms with Crippen molar-refractivity contribution in [1.29, 1.82) is 0 Å². The van der Waals surface area contributed by atoms with E-state index in [0.29, 0.717) is 10.6 Å². The van der Waals surface area contributed by atoms with Crippen molar-refractivity contribution in [2.45, 2.75) is 32.1 Å². The fourth-order valence-corrected chi connectivity index (χ4v) is 4.62. The van der Waals surface area contributed by atoms with Gasteiger partial charge in [-0.2, -0.15) is 0 Å². The Balaban J connectivity index is 1.67. The summed E-state index contributed by atoms with van der Waals surface area (Å²) in [7, 11) is 0. The Morgan fingerprint density at radius 3 is 2.90 bits per heavy atom. The first-order chi connectivity index (χ1) is 10.1. The molecule has 0 aliphatic heterocycles. The lowest BCUT2D eigenvalue weighted by Crippen LogP contribution is -2.25. The minimum Gasteiger partial charge on any atom is -0.397 e. The van der Waals surface area contributed by atoms with Gasteiger partial charge < -0.3 is 11.1 Å². The second-order valence-electron chi connectivity index (χ2n) is 5.68. The summed E-state index contributed by atoms with van der Waals surface area (Å²) in [4.78, 5) is 12.9. The van der Waals surface area contributed by atoms with Crippen molar-refractivity contribution in [3.8, 4) is 0 Å². The maximum absolute atomic E-state index is 12.3. The number of thiophene rings is 1. The van der Waals surface area contributed by atoms with E-state index in [9.17, 15) is 4.79 Å². The molecule has 3 nitrogen and oxygen atoms in total. The van der Waals surface area contributed by atoms with Crippen LogP contribution in [-0.2, 0) is 0 Å². The summed E-state index contributed by atoms with van der Waals surface area (Å²) in [6.07, 6.45) is 6.40. The number of rotatable bonds is 4. The van der Waals surface area contributed by atoms with Gasteiger partial charge in [0, 0.05) is 21.1 Å². The van der Waals surface area contributed by atoms with E-state index >= 15 is 0 Å². The van der Waals surface area contributed by atoms with Gasteiger partial charge in [0.1, 0.15) is 4.88 Å². The Morgan fingerprint density at radius 1 is 1.38 bits per heavy atom. The molecule has 1 saturated carbocycles. The summed E-state index contributed by atoms with van der Waals surface area (Å²) in [6.45, 7) is 0.751. The maximum atomic E-state index is 12.3. The zero-order valence-electron chi connectivity index (χ0n) is 11.8. The molecule has 21 heavy (non-hydrogen) atoms. The molecule has 0 saturated heterocycles. The molecule has 1 heterocycles. The van der Waals surface area contributed by atoms with Crippen molar-refractivity contribution in [2.75, 3.05) is 12.3 Å². The summed E-state index contributed by atoms with van der Waals surface area (Å²) in [5, 5.41) is 3.98. The number of carbonyl (C=O) groups is 1. The summed E-state index contributed by atoms with van der Waals surface area (Å²) in [6, 6.07) is 5.92. The van der Waals surface area contributed by atoms with E-state index in [4.69, 9.17) is 5.73 Å². The van der Waals surface area contributed by atoms with Crippen LogP contribution in [0.25, 0.3) is 10.1 Å². The molecule has 0 unspecified atom stereocenters. The van der Waals surface area contributed by atoms with Gasteiger partial charge in [0.15, 0.2) is 0 Å². The number of hydrogen-bond donors (Lipinski definition) is 2. The quantitative estimate of drug-likeness (QED) is 0.833. The molecule has 0 bridgehead atoms. The Bertz CT molecular complexity index is 662. The highest BCUT2D eigenvalue weighted by molar-refractivity contribution is 9.10. The lowest BCUT2D eigenvalue weighted by atomic mass is 10.0. The Hall–Kier alpha value is -1.07. The van der Waals surface area contributed by atoms with Gasteiger partial charge in [-0.15, -0.1) is 11.3 Å². The molecule has 1 aliphatic rings. The van der Waals surface area contributed by atoms with Gasteiger partial charge >= 0.3 is 0 Å². The van der Waals surface area contributed by atoms with Crippen LogP contribution in [-0.4, -0.2) is 12.5 Å². The number of nitrogens with one attached hydrogen (secondary N) is 1. The molecule has 1 aliphatic carbocycles. The SMILES string of the molecule is Nc1c(C(=O)NCCC2CCCC2)sc2cc(Br)ccc12. The topological polar surface area (TPSA) is 55.1 Å². The van der Waals surface area contributed by atoms with Crippen molar-refractivity contribution in [1.82, 2.24) is 5.32 Å². The smallest absolute Gasteiger partial charge is 0.263 e. The van der Waals surface area contributed by atoms with Crippen molar-refractivity contribution in [3.05, 3.63) is 27.5 Å². The number of nitrogen functional groups attached to an aromatic ring is 1. The zero-order chi connectivity index (χ0) is 14.8. The van der Waals surface area contributed by atoms with Crippen LogP contribution in [0.1, 0.15) is 41.8 Å². The summed E-state index contributed by atoms with van der Waals surface area (Å²) < 4.78 is 2.05. The van der Waals surface area contributed by atoms with Crippen molar-refractivity contribution in [3.63, 3.8) is 0 Å². The molecule has 0 atom stereocenters. The fourth-order valence-electron chi connectivity index (χ4n) is 3.03. The largest absolute Gasteiger partial charge is 0.397 e. The highest BCUT2D eigenvalue weighted by Gasteiger charge is 2.18. The summed E-state index contributed by atoms with van der Waals surface area (Å²) in [5.41, 5.74) is 6.72. The molecule has 1 aromatic carbocycles. The van der Waals surface area contributed by atoms with Gasteiger partial charge in [-0.1, -0.05) is 47.7 Å². The summed E-state index contributed by atoms with van der Waals surface area (Å²) in [5.74, 6) is 0.754. The monoisotopic (exact) mass is 366 g/mol. The minimum atomic E-state index is -0.0391. The first-order valence-electron chi connectivity index (χ1n) is 7.41. The molecular formula is C16H19BrN2OS. The lowest BCUT2D eigenvalue weighted by Gasteiger charge is -2.09. The van der Waals surface area contributed by atoms with E-state index < -0.39 is 0 Å². The van der Waals surface area contributed by atoms with E-state index in [1.807, 2.05) is 18.2 Å². The van der Waals surface area contributed by atoms with Gasteiger partial charge in [-0.25, -0.2) is 0 Å². The average Bonchev–Trinajstić information content (AvgIpc) is 3.07. The highest BCUT2D eigenvalue weighted by Crippen LogP contribution is 2.35. The van der Waals surface area contributed by atoms with Gasteiger partial charge in [0.2, 0.25) is 0 Å². The standard InChI is InChI=1S/C16H19BrN2OS/c17-11-5-6-12-13(9-11)21-15(14(12)18)16(20)19-8-7-10-3-1-2-4-10/h5-6,9-10H,1-4,7-8,18H2,(H,19,20). The molecular weight excluding hydrogens is 348 g/mol. The number of hydrogen-bond acceptors (Lipinski definition) is 3. The zero-order valence-corrected chi connectivity index (χ0v) is 14.2. The third-order valence-electron chi connectivity index (χ3n) is 4.21. The van der Waals surface area contributed by atoms with Crippen LogP contribution < -0.4 is 11.1 Å².